The molecule has 0 unspecified atom stereocenters. The third-order valence-corrected chi connectivity index (χ3v) is 6.30. The highest BCUT2D eigenvalue weighted by atomic mass is 79.9. The van der Waals surface area contributed by atoms with Crippen molar-refractivity contribution in [3.8, 4) is 0 Å². The standard InChI is InChI=1S/C15H11BrN2O5S2/c16-13-6-5-11(24-13)10(19)8-23-14(20)7-17-15-9-3-1-2-4-12(9)25(21,22)18-15/h1-6H,7-8H2,(H,17,18). The van der Waals surface area contributed by atoms with Gasteiger partial charge in [0.25, 0.3) is 10.0 Å². The second-order valence-corrected chi connectivity index (χ2v) is 9.07. The summed E-state index contributed by atoms with van der Waals surface area (Å²) in [5.74, 6) is -0.954. The third kappa shape index (κ3) is 3.97. The van der Waals surface area contributed by atoms with E-state index in [2.05, 4.69) is 25.6 Å². The molecule has 0 saturated carbocycles. The van der Waals surface area contributed by atoms with Crippen molar-refractivity contribution in [3.05, 3.63) is 50.6 Å². The van der Waals surface area contributed by atoms with Crippen molar-refractivity contribution in [2.45, 2.75) is 4.90 Å². The fraction of sp³-hybridized carbons (Fsp3) is 0.133. The van der Waals surface area contributed by atoms with E-state index in [1.165, 1.54) is 17.4 Å². The second-order valence-electron chi connectivity index (χ2n) is 4.95. The van der Waals surface area contributed by atoms with Gasteiger partial charge in [0, 0.05) is 5.56 Å². The number of carbonyl (C=O) groups is 2. The Morgan fingerprint density at radius 2 is 1.96 bits per heavy atom. The minimum atomic E-state index is -3.65. The van der Waals surface area contributed by atoms with Gasteiger partial charge >= 0.3 is 5.97 Å². The molecular weight excluding hydrogens is 432 g/mol. The normalized spacial score (nSPS) is 16.3. The molecule has 0 radical (unpaired) electrons. The summed E-state index contributed by atoms with van der Waals surface area (Å²) >= 11 is 4.50. The Hall–Kier alpha value is -2.04. The largest absolute Gasteiger partial charge is 0.456 e. The Morgan fingerprint density at radius 1 is 1.20 bits per heavy atom. The Balaban J connectivity index is 1.61. The predicted octanol–water partition coefficient (Wildman–Crippen LogP) is 1.98. The van der Waals surface area contributed by atoms with Gasteiger partial charge < -0.3 is 4.74 Å². The van der Waals surface area contributed by atoms with Gasteiger partial charge in [-0.3, -0.25) is 19.3 Å². The number of hydrogen-bond donors (Lipinski definition) is 1. The number of esters is 1. The van der Waals surface area contributed by atoms with Crippen molar-refractivity contribution in [1.82, 2.24) is 4.72 Å². The first kappa shape index (κ1) is 17.8. The molecule has 1 aliphatic heterocycles. The number of fused-ring (bicyclic) bond motifs is 1. The number of Topliss-reactive ketones (excluding diaryl/α,β-unsaturated/α-hetero) is 1. The number of amidine groups is 1. The van der Waals surface area contributed by atoms with Crippen LogP contribution < -0.4 is 4.72 Å². The van der Waals surface area contributed by atoms with E-state index in [0.29, 0.717) is 10.4 Å². The third-order valence-electron chi connectivity index (χ3n) is 3.24. The molecule has 1 aliphatic rings. The van der Waals surface area contributed by atoms with Crippen molar-refractivity contribution < 1.29 is 22.7 Å². The number of carbonyl (C=O) groups excluding carboxylic acids is 2. The van der Waals surface area contributed by atoms with Crippen molar-refractivity contribution >= 4 is 54.9 Å². The molecule has 0 atom stereocenters. The van der Waals surface area contributed by atoms with E-state index >= 15 is 0 Å². The first-order valence-electron chi connectivity index (χ1n) is 6.97. The van der Waals surface area contributed by atoms with E-state index in [-0.39, 0.29) is 23.1 Å². The van der Waals surface area contributed by atoms with E-state index in [1.807, 2.05) is 0 Å². The van der Waals surface area contributed by atoms with E-state index in [9.17, 15) is 18.0 Å². The molecule has 1 aromatic carbocycles. The van der Waals surface area contributed by atoms with Gasteiger partial charge in [-0.15, -0.1) is 11.3 Å². The van der Waals surface area contributed by atoms with Gasteiger partial charge in [0.2, 0.25) is 5.78 Å². The van der Waals surface area contributed by atoms with Crippen molar-refractivity contribution in [2.75, 3.05) is 13.2 Å². The SMILES string of the molecule is O=C(CN=C1NS(=O)(=O)c2ccccc21)OCC(=O)c1ccc(Br)s1. The fourth-order valence-corrected chi connectivity index (χ4v) is 4.68. The van der Waals surface area contributed by atoms with Crippen molar-refractivity contribution in [3.63, 3.8) is 0 Å². The van der Waals surface area contributed by atoms with E-state index in [4.69, 9.17) is 4.74 Å². The molecule has 1 aromatic heterocycles. The molecule has 1 N–H and O–H groups in total. The molecule has 0 aliphatic carbocycles. The zero-order chi connectivity index (χ0) is 18.0. The maximum Gasteiger partial charge on any atom is 0.328 e. The molecule has 2 heterocycles. The zero-order valence-electron chi connectivity index (χ0n) is 12.6. The van der Waals surface area contributed by atoms with Gasteiger partial charge in [-0.1, -0.05) is 12.1 Å². The highest BCUT2D eigenvalue weighted by Gasteiger charge is 2.30. The van der Waals surface area contributed by atoms with Crippen LogP contribution in [0.5, 0.6) is 0 Å². The van der Waals surface area contributed by atoms with Crippen LogP contribution in [-0.4, -0.2) is 39.2 Å². The lowest BCUT2D eigenvalue weighted by Gasteiger charge is -2.02. The van der Waals surface area contributed by atoms with Crippen LogP contribution in [-0.2, 0) is 19.6 Å². The summed E-state index contributed by atoms with van der Waals surface area (Å²) in [5.41, 5.74) is 0.398. The average molecular weight is 443 g/mol. The van der Waals surface area contributed by atoms with Gasteiger partial charge in [-0.05, 0) is 40.2 Å². The van der Waals surface area contributed by atoms with Gasteiger partial charge in [-0.2, -0.15) is 0 Å². The summed E-state index contributed by atoms with van der Waals surface area (Å²) in [5, 5.41) is 0. The van der Waals surface area contributed by atoms with Crippen LogP contribution >= 0.6 is 27.3 Å². The zero-order valence-corrected chi connectivity index (χ0v) is 15.8. The van der Waals surface area contributed by atoms with Crippen LogP contribution in [0.3, 0.4) is 0 Å². The molecule has 130 valence electrons. The molecule has 7 nitrogen and oxygen atoms in total. The number of sulfonamides is 1. The van der Waals surface area contributed by atoms with Gasteiger partial charge in [0.1, 0.15) is 12.4 Å². The average Bonchev–Trinajstić information content (AvgIpc) is 3.13. The van der Waals surface area contributed by atoms with Gasteiger partial charge in [-0.25, -0.2) is 8.42 Å². The summed E-state index contributed by atoms with van der Waals surface area (Å²) in [7, 11) is -3.65. The molecule has 0 spiro atoms. The quantitative estimate of drug-likeness (QED) is 0.563. The molecule has 0 saturated heterocycles. The molecule has 3 rings (SSSR count). The Bertz CT molecular complexity index is 981. The number of ether oxygens (including phenoxy) is 1. The summed E-state index contributed by atoms with van der Waals surface area (Å²) in [4.78, 5) is 28.1. The van der Waals surface area contributed by atoms with Gasteiger partial charge in [0.15, 0.2) is 6.61 Å². The molecule has 10 heteroatoms. The van der Waals surface area contributed by atoms with Crippen LogP contribution in [0.25, 0.3) is 0 Å². The van der Waals surface area contributed by atoms with E-state index in [1.54, 1.807) is 30.3 Å². The van der Waals surface area contributed by atoms with Crippen molar-refractivity contribution in [1.29, 1.82) is 0 Å². The number of nitrogens with one attached hydrogen (secondary N) is 1. The molecule has 25 heavy (non-hydrogen) atoms. The predicted molar refractivity (Wildman–Crippen MR) is 95.5 cm³/mol. The minimum absolute atomic E-state index is 0.0843. The summed E-state index contributed by atoms with van der Waals surface area (Å²) in [6.45, 7) is -0.785. The molecule has 0 bridgehead atoms. The van der Waals surface area contributed by atoms with E-state index in [0.717, 1.165) is 3.79 Å². The number of rotatable bonds is 5. The summed E-state index contributed by atoms with van der Waals surface area (Å²) < 4.78 is 31.8. The maximum absolute atomic E-state index is 11.9. The lowest BCUT2D eigenvalue weighted by molar-refractivity contribution is -0.140. The topological polar surface area (TPSA) is 102 Å². The summed E-state index contributed by atoms with van der Waals surface area (Å²) in [6.07, 6.45) is 0. The van der Waals surface area contributed by atoms with Crippen LogP contribution in [0.4, 0.5) is 0 Å². The minimum Gasteiger partial charge on any atom is -0.456 e. The van der Waals surface area contributed by atoms with Crippen LogP contribution in [0, 0.1) is 0 Å². The molecule has 0 amide bonds. The number of halogens is 1. The maximum atomic E-state index is 11.9. The number of nitrogens with zero attached hydrogens (tertiary/aromatic N) is 1. The van der Waals surface area contributed by atoms with Crippen LogP contribution in [0.15, 0.2) is 50.1 Å². The van der Waals surface area contributed by atoms with Crippen LogP contribution in [0.2, 0.25) is 0 Å². The fourth-order valence-electron chi connectivity index (χ4n) is 2.12. The first-order valence-corrected chi connectivity index (χ1v) is 10.1. The molecule has 0 fully saturated rings. The van der Waals surface area contributed by atoms with Gasteiger partial charge in [0.05, 0.1) is 13.6 Å². The first-order chi connectivity index (χ1) is 11.9. The Labute approximate surface area is 155 Å². The monoisotopic (exact) mass is 442 g/mol. The lowest BCUT2D eigenvalue weighted by atomic mass is 10.2. The highest BCUT2D eigenvalue weighted by molar-refractivity contribution is 9.11. The summed E-state index contributed by atoms with van der Waals surface area (Å²) in [6, 6.07) is 9.69. The number of aliphatic imine (C=N–C) groups is 1. The lowest BCUT2D eigenvalue weighted by Crippen LogP contribution is -2.24. The molecular formula is C15H11BrN2O5S2. The highest BCUT2D eigenvalue weighted by Crippen LogP contribution is 2.23. The smallest absolute Gasteiger partial charge is 0.328 e. The second kappa shape index (κ2) is 7.06. The Morgan fingerprint density at radius 3 is 2.68 bits per heavy atom. The number of thiophene rings is 1. The molecule has 2 aromatic rings. The van der Waals surface area contributed by atoms with Crippen LogP contribution in [0.1, 0.15) is 15.2 Å². The number of ketones is 1. The van der Waals surface area contributed by atoms with Crippen molar-refractivity contribution in [2.24, 2.45) is 4.99 Å². The number of hydrogen-bond acceptors (Lipinski definition) is 7. The Kier molecular flexibility index (Phi) is 5.02. The number of benzene rings is 1. The van der Waals surface area contributed by atoms with E-state index < -0.39 is 22.5 Å².